The highest BCUT2D eigenvalue weighted by Gasteiger charge is 2.10. The number of nitrogens with zero attached hydrogens (tertiary/aromatic N) is 1. The number of nitriles is 1. The highest BCUT2D eigenvalue weighted by atomic mass is 35.5. The highest BCUT2D eigenvalue weighted by molar-refractivity contribution is 6.31. The molecule has 0 heterocycles. The maximum Gasteiger partial charge on any atom is 0.138 e. The largest absolute Gasteiger partial charge is 0.489 e. The van der Waals surface area contributed by atoms with Crippen molar-refractivity contribution in [2.45, 2.75) is 25.4 Å². The van der Waals surface area contributed by atoms with E-state index in [0.717, 1.165) is 25.8 Å². The molecule has 0 aromatic heterocycles. The maximum atomic E-state index is 9.97. The second-order valence-electron chi connectivity index (χ2n) is 5.84. The van der Waals surface area contributed by atoms with E-state index >= 15 is 0 Å². The lowest BCUT2D eigenvalue weighted by Crippen LogP contribution is -2.32. The summed E-state index contributed by atoms with van der Waals surface area (Å²) in [5, 5.41) is 22.6. The van der Waals surface area contributed by atoms with Crippen LogP contribution in [0.3, 0.4) is 0 Å². The number of halogens is 1. The van der Waals surface area contributed by atoms with Crippen molar-refractivity contribution < 1.29 is 9.84 Å². The Balaban J connectivity index is 1.59. The second kappa shape index (κ2) is 10.7. The number of hydrogen-bond acceptors (Lipinski definition) is 4. The predicted octanol–water partition coefficient (Wildman–Crippen LogP) is 3.56. The van der Waals surface area contributed by atoms with Crippen LogP contribution >= 0.6 is 11.6 Å². The normalized spacial score (nSPS) is 11.7. The van der Waals surface area contributed by atoms with E-state index in [9.17, 15) is 5.11 Å². The van der Waals surface area contributed by atoms with Crippen molar-refractivity contribution in [3.8, 4) is 11.8 Å². The number of aryl methyl sites for hydroxylation is 1. The van der Waals surface area contributed by atoms with Crippen LogP contribution in [0.1, 0.15) is 24.0 Å². The third-order valence-corrected chi connectivity index (χ3v) is 4.13. The van der Waals surface area contributed by atoms with Gasteiger partial charge >= 0.3 is 0 Å². The van der Waals surface area contributed by atoms with Crippen molar-refractivity contribution in [3.05, 3.63) is 64.7 Å². The molecule has 132 valence electrons. The average molecular weight is 359 g/mol. The van der Waals surface area contributed by atoms with Gasteiger partial charge in [-0.3, -0.25) is 0 Å². The Labute approximate surface area is 154 Å². The van der Waals surface area contributed by atoms with Gasteiger partial charge in [-0.15, -0.1) is 0 Å². The fourth-order valence-electron chi connectivity index (χ4n) is 2.47. The molecule has 4 nitrogen and oxygen atoms in total. The standard InChI is InChI=1S/C20H23ClN2O2/c21-19-10-6-11-20(18(19)13-22)25-15-17(24)14-23-12-5-4-9-16-7-2-1-3-8-16/h1-3,6-8,10-11,17,23-24H,4-5,9,12,14-15H2. The molecule has 0 saturated carbocycles. The topological polar surface area (TPSA) is 65.3 Å². The molecule has 2 N–H and O–H groups in total. The second-order valence-corrected chi connectivity index (χ2v) is 6.24. The Morgan fingerprint density at radius 2 is 1.92 bits per heavy atom. The number of nitrogens with one attached hydrogen (secondary N) is 1. The zero-order valence-corrected chi connectivity index (χ0v) is 14.9. The van der Waals surface area contributed by atoms with Crippen LogP contribution in [0.2, 0.25) is 5.02 Å². The van der Waals surface area contributed by atoms with Crippen LogP contribution in [0.4, 0.5) is 0 Å². The number of benzene rings is 2. The van der Waals surface area contributed by atoms with Crippen molar-refractivity contribution in [1.82, 2.24) is 5.32 Å². The molecule has 1 unspecified atom stereocenters. The van der Waals surface area contributed by atoms with Crippen LogP contribution < -0.4 is 10.1 Å². The van der Waals surface area contributed by atoms with Crippen molar-refractivity contribution in [1.29, 1.82) is 5.26 Å². The number of rotatable bonds is 10. The summed E-state index contributed by atoms with van der Waals surface area (Å²) < 4.78 is 5.51. The van der Waals surface area contributed by atoms with Gasteiger partial charge in [0.05, 0.1) is 5.02 Å². The molecular formula is C20H23ClN2O2. The summed E-state index contributed by atoms with van der Waals surface area (Å²) in [6, 6.07) is 17.5. The molecular weight excluding hydrogens is 336 g/mol. The first kappa shape index (κ1) is 19.3. The molecule has 2 aromatic rings. The molecule has 2 rings (SSSR count). The minimum absolute atomic E-state index is 0.117. The number of aliphatic hydroxyl groups excluding tert-OH is 1. The van der Waals surface area contributed by atoms with Crippen LogP contribution in [0.5, 0.6) is 5.75 Å². The summed E-state index contributed by atoms with van der Waals surface area (Å²) in [5.41, 5.74) is 1.65. The lowest BCUT2D eigenvalue weighted by Gasteiger charge is -2.14. The highest BCUT2D eigenvalue weighted by Crippen LogP contribution is 2.25. The lowest BCUT2D eigenvalue weighted by molar-refractivity contribution is 0.106. The summed E-state index contributed by atoms with van der Waals surface area (Å²) in [6.45, 7) is 1.42. The molecule has 0 aliphatic heterocycles. The van der Waals surface area contributed by atoms with Crippen LogP contribution in [-0.4, -0.2) is 30.9 Å². The van der Waals surface area contributed by atoms with Gasteiger partial charge in [0, 0.05) is 6.54 Å². The summed E-state index contributed by atoms with van der Waals surface area (Å²) in [6.07, 6.45) is 2.59. The van der Waals surface area contributed by atoms with Gasteiger partial charge in [-0.25, -0.2) is 0 Å². The van der Waals surface area contributed by atoms with E-state index in [1.807, 2.05) is 12.1 Å². The molecule has 25 heavy (non-hydrogen) atoms. The molecule has 0 radical (unpaired) electrons. The van der Waals surface area contributed by atoms with Crippen molar-refractivity contribution in [2.24, 2.45) is 0 Å². The van der Waals surface area contributed by atoms with Gasteiger partial charge in [-0.2, -0.15) is 5.26 Å². The van der Waals surface area contributed by atoms with Gasteiger partial charge in [0.25, 0.3) is 0 Å². The Morgan fingerprint density at radius 3 is 2.68 bits per heavy atom. The third kappa shape index (κ3) is 6.75. The van der Waals surface area contributed by atoms with Gasteiger partial charge in [0.15, 0.2) is 0 Å². The molecule has 5 heteroatoms. The molecule has 0 amide bonds. The van der Waals surface area contributed by atoms with E-state index in [1.165, 1.54) is 5.56 Å². The lowest BCUT2D eigenvalue weighted by atomic mass is 10.1. The van der Waals surface area contributed by atoms with Crippen LogP contribution in [-0.2, 0) is 6.42 Å². The van der Waals surface area contributed by atoms with E-state index < -0.39 is 6.10 Å². The molecule has 0 aliphatic carbocycles. The fourth-order valence-corrected chi connectivity index (χ4v) is 2.68. The minimum Gasteiger partial charge on any atom is -0.489 e. The maximum absolute atomic E-state index is 9.97. The molecule has 0 spiro atoms. The van der Waals surface area contributed by atoms with Gasteiger partial charge in [0.1, 0.15) is 30.1 Å². The van der Waals surface area contributed by atoms with Crippen LogP contribution in [0.25, 0.3) is 0 Å². The molecule has 0 saturated heterocycles. The van der Waals surface area contributed by atoms with E-state index in [-0.39, 0.29) is 6.61 Å². The summed E-state index contributed by atoms with van der Waals surface area (Å²) in [4.78, 5) is 0. The van der Waals surface area contributed by atoms with Crippen molar-refractivity contribution >= 4 is 11.6 Å². The minimum atomic E-state index is -0.639. The Kier molecular flexibility index (Phi) is 8.27. The number of hydrogen-bond donors (Lipinski definition) is 2. The third-order valence-electron chi connectivity index (χ3n) is 3.81. The Hall–Kier alpha value is -2.06. The predicted molar refractivity (Wildman–Crippen MR) is 99.9 cm³/mol. The van der Waals surface area contributed by atoms with E-state index in [4.69, 9.17) is 21.6 Å². The molecule has 0 aliphatic rings. The van der Waals surface area contributed by atoms with Crippen molar-refractivity contribution in [2.75, 3.05) is 19.7 Å². The zero-order chi connectivity index (χ0) is 17.9. The van der Waals surface area contributed by atoms with E-state index in [2.05, 4.69) is 29.6 Å². The molecule has 1 atom stereocenters. The molecule has 0 bridgehead atoms. The quantitative estimate of drug-likeness (QED) is 0.637. The van der Waals surface area contributed by atoms with Crippen molar-refractivity contribution in [3.63, 3.8) is 0 Å². The van der Waals surface area contributed by atoms with Crippen LogP contribution in [0.15, 0.2) is 48.5 Å². The van der Waals surface area contributed by atoms with E-state index in [1.54, 1.807) is 18.2 Å². The Bertz CT molecular complexity index is 686. The fraction of sp³-hybridized carbons (Fsp3) is 0.350. The van der Waals surface area contributed by atoms with E-state index in [0.29, 0.717) is 22.9 Å². The smallest absolute Gasteiger partial charge is 0.138 e. The van der Waals surface area contributed by atoms with Crippen LogP contribution in [0, 0.1) is 11.3 Å². The van der Waals surface area contributed by atoms with Gasteiger partial charge in [-0.1, -0.05) is 48.0 Å². The van der Waals surface area contributed by atoms with Gasteiger partial charge in [-0.05, 0) is 43.5 Å². The monoisotopic (exact) mass is 358 g/mol. The molecule has 2 aromatic carbocycles. The first-order valence-corrected chi connectivity index (χ1v) is 8.82. The SMILES string of the molecule is N#Cc1c(Cl)cccc1OCC(O)CNCCCCc1ccccc1. The van der Waals surface area contributed by atoms with Gasteiger partial charge < -0.3 is 15.2 Å². The number of unbranched alkanes of at least 4 members (excludes halogenated alkanes) is 1. The summed E-state index contributed by atoms with van der Waals surface area (Å²) >= 11 is 5.94. The number of aliphatic hydroxyl groups is 1. The summed E-state index contributed by atoms with van der Waals surface area (Å²) in [5.74, 6) is 0.400. The first-order valence-electron chi connectivity index (χ1n) is 8.45. The van der Waals surface area contributed by atoms with Gasteiger partial charge in [0.2, 0.25) is 0 Å². The first-order chi connectivity index (χ1) is 12.2. The molecule has 0 fully saturated rings. The Morgan fingerprint density at radius 1 is 1.12 bits per heavy atom. The number of ether oxygens (including phenoxy) is 1. The zero-order valence-electron chi connectivity index (χ0n) is 14.1. The summed E-state index contributed by atoms with van der Waals surface area (Å²) in [7, 11) is 0. The average Bonchev–Trinajstić information content (AvgIpc) is 2.63.